The van der Waals surface area contributed by atoms with Crippen LogP contribution in [0.2, 0.25) is 0 Å². The lowest BCUT2D eigenvalue weighted by Crippen LogP contribution is -2.31. The monoisotopic (exact) mass is 253 g/mol. The Kier molecular flexibility index (Phi) is 4.72. The van der Waals surface area contributed by atoms with Crippen molar-refractivity contribution < 1.29 is 9.63 Å². The van der Waals surface area contributed by atoms with Crippen LogP contribution in [0, 0.1) is 5.92 Å². The summed E-state index contributed by atoms with van der Waals surface area (Å²) in [5, 5.41) is 13.3. The number of rotatable bonds is 6. The average molecular weight is 253 g/mol. The fourth-order valence-electron chi connectivity index (χ4n) is 2.36. The van der Waals surface area contributed by atoms with Crippen LogP contribution in [0.25, 0.3) is 0 Å². The van der Waals surface area contributed by atoms with Crippen molar-refractivity contribution in [2.45, 2.75) is 52.1 Å². The summed E-state index contributed by atoms with van der Waals surface area (Å²) in [5.41, 5.74) is 0. The lowest BCUT2D eigenvalue weighted by Gasteiger charge is -2.20. The maximum Gasteiger partial charge on any atom is 0.240 e. The van der Waals surface area contributed by atoms with E-state index in [0.717, 1.165) is 38.1 Å². The molecular formula is C13H23N3O2. The van der Waals surface area contributed by atoms with E-state index in [1.165, 1.54) is 0 Å². The zero-order chi connectivity index (χ0) is 13.0. The van der Waals surface area contributed by atoms with Gasteiger partial charge in [0.15, 0.2) is 5.82 Å². The van der Waals surface area contributed by atoms with Crippen molar-refractivity contribution in [3.05, 3.63) is 11.7 Å². The number of aliphatic hydroxyl groups excluding tert-OH is 1. The van der Waals surface area contributed by atoms with Gasteiger partial charge in [-0.05, 0) is 31.7 Å². The van der Waals surface area contributed by atoms with Crippen LogP contribution in [0.4, 0.5) is 0 Å². The number of aryl methyl sites for hydroxylation is 1. The Morgan fingerprint density at radius 2 is 2.33 bits per heavy atom. The van der Waals surface area contributed by atoms with Gasteiger partial charge in [-0.2, -0.15) is 4.98 Å². The third-order valence-electron chi connectivity index (χ3n) is 3.50. The first-order chi connectivity index (χ1) is 8.69. The number of likely N-dealkylation sites (tertiary alicyclic amines) is 1. The van der Waals surface area contributed by atoms with E-state index >= 15 is 0 Å². The molecule has 1 aromatic rings. The van der Waals surface area contributed by atoms with Gasteiger partial charge in [0.05, 0.1) is 13.2 Å². The van der Waals surface area contributed by atoms with Gasteiger partial charge in [0.25, 0.3) is 0 Å². The molecule has 1 aromatic heterocycles. The molecule has 1 saturated heterocycles. The predicted molar refractivity (Wildman–Crippen MR) is 68.0 cm³/mol. The van der Waals surface area contributed by atoms with E-state index in [1.807, 2.05) is 0 Å². The van der Waals surface area contributed by atoms with Crippen molar-refractivity contribution in [3.8, 4) is 0 Å². The number of hydrogen-bond donors (Lipinski definition) is 1. The van der Waals surface area contributed by atoms with Gasteiger partial charge < -0.3 is 9.63 Å². The Morgan fingerprint density at radius 3 is 3.06 bits per heavy atom. The summed E-state index contributed by atoms with van der Waals surface area (Å²) in [6.45, 7) is 6.28. The molecule has 0 aliphatic carbocycles. The summed E-state index contributed by atoms with van der Waals surface area (Å²) >= 11 is 0. The largest absolute Gasteiger partial charge is 0.395 e. The summed E-state index contributed by atoms with van der Waals surface area (Å²) in [6, 6.07) is 0.260. The molecule has 2 rings (SSSR count). The topological polar surface area (TPSA) is 62.4 Å². The molecule has 5 heteroatoms. The standard InChI is InChI=1S/C13H23N3O2/c1-10(2)5-6-12-14-13(18-15-12)8-16-7-3-4-11(16)9-17/h10-11,17H,3-9H2,1-2H3/t11-/m1/s1. The Balaban J connectivity index is 1.86. The van der Waals surface area contributed by atoms with Crippen molar-refractivity contribution in [2.75, 3.05) is 13.2 Å². The first kappa shape index (κ1) is 13.5. The first-order valence-corrected chi connectivity index (χ1v) is 6.85. The van der Waals surface area contributed by atoms with Gasteiger partial charge in [-0.15, -0.1) is 0 Å². The summed E-state index contributed by atoms with van der Waals surface area (Å²) in [4.78, 5) is 6.64. The van der Waals surface area contributed by atoms with E-state index in [9.17, 15) is 5.11 Å². The van der Waals surface area contributed by atoms with Gasteiger partial charge in [-0.1, -0.05) is 19.0 Å². The first-order valence-electron chi connectivity index (χ1n) is 6.85. The molecule has 1 aliphatic heterocycles. The highest BCUT2D eigenvalue weighted by molar-refractivity contribution is 4.89. The fraction of sp³-hybridized carbons (Fsp3) is 0.846. The van der Waals surface area contributed by atoms with Crippen LogP contribution in [-0.4, -0.2) is 39.3 Å². The zero-order valence-corrected chi connectivity index (χ0v) is 11.3. The molecule has 5 nitrogen and oxygen atoms in total. The summed E-state index contributed by atoms with van der Waals surface area (Å²) in [5.74, 6) is 2.14. The molecule has 1 N–H and O–H groups in total. The molecule has 1 aliphatic rings. The molecule has 18 heavy (non-hydrogen) atoms. The van der Waals surface area contributed by atoms with Crippen molar-refractivity contribution in [3.63, 3.8) is 0 Å². The quantitative estimate of drug-likeness (QED) is 0.834. The van der Waals surface area contributed by atoms with Crippen LogP contribution in [0.15, 0.2) is 4.52 Å². The van der Waals surface area contributed by atoms with Crippen LogP contribution in [0.1, 0.15) is 44.8 Å². The zero-order valence-electron chi connectivity index (χ0n) is 11.3. The van der Waals surface area contributed by atoms with Crippen molar-refractivity contribution in [2.24, 2.45) is 5.92 Å². The average Bonchev–Trinajstić information content (AvgIpc) is 2.96. The lowest BCUT2D eigenvalue weighted by molar-refractivity contribution is 0.141. The molecule has 0 saturated carbocycles. The summed E-state index contributed by atoms with van der Waals surface area (Å²) in [7, 11) is 0. The summed E-state index contributed by atoms with van der Waals surface area (Å²) in [6.07, 6.45) is 4.16. The third kappa shape index (κ3) is 3.53. The predicted octanol–water partition coefficient (Wildman–Crippen LogP) is 1.61. The Hall–Kier alpha value is -0.940. The van der Waals surface area contributed by atoms with E-state index in [4.69, 9.17) is 4.52 Å². The van der Waals surface area contributed by atoms with Gasteiger partial charge in [0.2, 0.25) is 5.89 Å². The van der Waals surface area contributed by atoms with Crippen LogP contribution < -0.4 is 0 Å². The molecule has 0 spiro atoms. The highest BCUT2D eigenvalue weighted by Crippen LogP contribution is 2.19. The minimum Gasteiger partial charge on any atom is -0.395 e. The highest BCUT2D eigenvalue weighted by atomic mass is 16.5. The van der Waals surface area contributed by atoms with E-state index < -0.39 is 0 Å². The fourth-order valence-corrected chi connectivity index (χ4v) is 2.36. The molecule has 0 radical (unpaired) electrons. The van der Waals surface area contributed by atoms with Crippen molar-refractivity contribution >= 4 is 0 Å². The second-order valence-corrected chi connectivity index (χ2v) is 5.49. The van der Waals surface area contributed by atoms with Crippen molar-refractivity contribution in [1.82, 2.24) is 15.0 Å². The second-order valence-electron chi connectivity index (χ2n) is 5.49. The second kappa shape index (κ2) is 6.29. The molecule has 0 amide bonds. The molecule has 0 unspecified atom stereocenters. The Labute approximate surface area is 108 Å². The molecule has 1 fully saturated rings. The molecular weight excluding hydrogens is 230 g/mol. The SMILES string of the molecule is CC(C)CCc1noc(CN2CCC[C@@H]2CO)n1. The highest BCUT2D eigenvalue weighted by Gasteiger charge is 2.25. The molecule has 2 heterocycles. The van der Waals surface area contributed by atoms with Crippen LogP contribution in [0.3, 0.4) is 0 Å². The maximum absolute atomic E-state index is 9.26. The van der Waals surface area contributed by atoms with Crippen LogP contribution >= 0.6 is 0 Å². The number of aliphatic hydroxyl groups is 1. The molecule has 0 aromatic carbocycles. The molecule has 0 bridgehead atoms. The van der Waals surface area contributed by atoms with Crippen LogP contribution in [0.5, 0.6) is 0 Å². The van der Waals surface area contributed by atoms with Gasteiger partial charge >= 0.3 is 0 Å². The maximum atomic E-state index is 9.26. The van der Waals surface area contributed by atoms with Gasteiger partial charge in [0.1, 0.15) is 0 Å². The van der Waals surface area contributed by atoms with E-state index in [0.29, 0.717) is 18.4 Å². The minimum absolute atomic E-state index is 0.217. The third-order valence-corrected chi connectivity index (χ3v) is 3.50. The van der Waals surface area contributed by atoms with E-state index in [2.05, 4.69) is 28.9 Å². The van der Waals surface area contributed by atoms with Crippen molar-refractivity contribution in [1.29, 1.82) is 0 Å². The Bertz CT molecular complexity index is 365. The van der Waals surface area contributed by atoms with Gasteiger partial charge in [0, 0.05) is 12.5 Å². The van der Waals surface area contributed by atoms with E-state index in [1.54, 1.807) is 0 Å². The molecule has 102 valence electrons. The molecule has 1 atom stereocenters. The number of aromatic nitrogens is 2. The Morgan fingerprint density at radius 1 is 1.50 bits per heavy atom. The number of nitrogens with zero attached hydrogens (tertiary/aromatic N) is 3. The van der Waals surface area contributed by atoms with Gasteiger partial charge in [-0.3, -0.25) is 4.90 Å². The van der Waals surface area contributed by atoms with E-state index in [-0.39, 0.29) is 12.6 Å². The van der Waals surface area contributed by atoms with Gasteiger partial charge in [-0.25, -0.2) is 0 Å². The minimum atomic E-state index is 0.217. The van der Waals surface area contributed by atoms with Crippen LogP contribution in [-0.2, 0) is 13.0 Å². The smallest absolute Gasteiger partial charge is 0.240 e. The number of hydrogen-bond acceptors (Lipinski definition) is 5. The lowest BCUT2D eigenvalue weighted by atomic mass is 10.1. The normalized spacial score (nSPS) is 21.0. The summed E-state index contributed by atoms with van der Waals surface area (Å²) < 4.78 is 5.27.